The Hall–Kier alpha value is -6.16. The second-order valence-corrected chi connectivity index (χ2v) is 11.0. The summed E-state index contributed by atoms with van der Waals surface area (Å²) in [5.74, 6) is 0.371. The zero-order valence-corrected chi connectivity index (χ0v) is 25.6. The Balaban J connectivity index is 1.32. The molecule has 1 aliphatic rings. The molecule has 0 saturated carbocycles. The first-order valence-electron chi connectivity index (χ1n) is 15.0. The molecule has 0 aliphatic carbocycles. The van der Waals surface area contributed by atoms with Crippen LogP contribution in [-0.2, 0) is 17.9 Å². The lowest BCUT2D eigenvalue weighted by Crippen LogP contribution is -2.48. The van der Waals surface area contributed by atoms with Crippen molar-refractivity contribution in [1.82, 2.24) is 4.90 Å². The highest BCUT2D eigenvalue weighted by Gasteiger charge is 2.39. The van der Waals surface area contributed by atoms with E-state index in [-0.39, 0.29) is 36.2 Å². The molecule has 0 bridgehead atoms. The first-order chi connectivity index (χ1) is 22.9. The Bertz CT molecular complexity index is 1880. The highest BCUT2D eigenvalue weighted by atomic mass is 16.6. The van der Waals surface area contributed by atoms with Gasteiger partial charge in [-0.15, -0.1) is 0 Å². The van der Waals surface area contributed by atoms with Crippen molar-refractivity contribution in [3.05, 3.63) is 160 Å². The van der Waals surface area contributed by atoms with Crippen LogP contribution in [0.25, 0.3) is 0 Å². The van der Waals surface area contributed by atoms with E-state index in [1.165, 1.54) is 19.2 Å². The van der Waals surface area contributed by atoms with Crippen molar-refractivity contribution < 1.29 is 24.0 Å². The summed E-state index contributed by atoms with van der Waals surface area (Å²) in [5.41, 5.74) is 4.00. The number of carbonyl (C=O) groups excluding carboxylic acids is 2. The van der Waals surface area contributed by atoms with Gasteiger partial charge in [-0.25, -0.2) is 0 Å². The van der Waals surface area contributed by atoms with Crippen LogP contribution >= 0.6 is 0 Å². The number of non-ortho nitro benzene ring substituents is 1. The van der Waals surface area contributed by atoms with E-state index in [1.807, 2.05) is 78.9 Å². The number of nitrogens with one attached hydrogen (secondary N) is 1. The number of carbonyl (C=O) groups is 2. The molecule has 0 spiro atoms. The molecular weight excluding hydrogens is 596 g/mol. The number of nitrogens with zero attached hydrogens (tertiary/aromatic N) is 3. The summed E-state index contributed by atoms with van der Waals surface area (Å²) in [6.07, 6.45) is -0.556. The first kappa shape index (κ1) is 30.8. The third kappa shape index (κ3) is 6.91. The van der Waals surface area contributed by atoms with E-state index in [4.69, 9.17) is 9.47 Å². The molecule has 0 unspecified atom stereocenters. The average molecular weight is 629 g/mol. The van der Waals surface area contributed by atoms with Crippen LogP contribution in [0, 0.1) is 10.1 Å². The number of ether oxygens (including phenoxy) is 2. The molecule has 1 aliphatic heterocycles. The maximum absolute atomic E-state index is 14.2. The lowest BCUT2D eigenvalue weighted by Gasteiger charge is -2.46. The van der Waals surface area contributed by atoms with Crippen molar-refractivity contribution in [3.63, 3.8) is 0 Å². The number of nitro benzene ring substituents is 1. The van der Waals surface area contributed by atoms with Gasteiger partial charge in [-0.05, 0) is 47.0 Å². The number of benzene rings is 5. The van der Waals surface area contributed by atoms with E-state index >= 15 is 0 Å². The molecule has 1 atom stereocenters. The molecule has 47 heavy (non-hydrogen) atoms. The smallest absolute Gasteiger partial charge is 0.270 e. The van der Waals surface area contributed by atoms with Crippen LogP contribution in [0.4, 0.5) is 17.1 Å². The summed E-state index contributed by atoms with van der Waals surface area (Å²) >= 11 is 0. The third-order valence-corrected chi connectivity index (χ3v) is 7.90. The van der Waals surface area contributed by atoms with Crippen LogP contribution in [0.3, 0.4) is 0 Å². The summed E-state index contributed by atoms with van der Waals surface area (Å²) in [6.45, 7) is 0.501. The molecule has 1 N–H and O–H groups in total. The Labute approximate surface area is 271 Å². The maximum atomic E-state index is 14.2. The van der Waals surface area contributed by atoms with E-state index in [1.54, 1.807) is 41.3 Å². The van der Waals surface area contributed by atoms with Gasteiger partial charge in [0.25, 0.3) is 17.5 Å². The van der Waals surface area contributed by atoms with Crippen molar-refractivity contribution in [3.8, 4) is 11.5 Å². The Kier molecular flexibility index (Phi) is 9.10. The predicted molar refractivity (Wildman–Crippen MR) is 178 cm³/mol. The fourth-order valence-electron chi connectivity index (χ4n) is 5.69. The van der Waals surface area contributed by atoms with Crippen LogP contribution in [0.2, 0.25) is 0 Å². The quantitative estimate of drug-likeness (QED) is 0.124. The highest BCUT2D eigenvalue weighted by molar-refractivity contribution is 6.02. The van der Waals surface area contributed by atoms with Gasteiger partial charge in [0.15, 0.2) is 6.61 Å². The minimum absolute atomic E-state index is 0.147. The van der Waals surface area contributed by atoms with Gasteiger partial charge in [-0.3, -0.25) is 19.7 Å². The largest absolute Gasteiger partial charge is 0.495 e. The third-order valence-electron chi connectivity index (χ3n) is 7.90. The van der Waals surface area contributed by atoms with Gasteiger partial charge in [0.2, 0.25) is 0 Å². The fourth-order valence-corrected chi connectivity index (χ4v) is 5.69. The molecule has 6 rings (SSSR count). The summed E-state index contributed by atoms with van der Waals surface area (Å²) in [5, 5.41) is 14.5. The normalized spacial score (nSPS) is 13.9. The van der Waals surface area contributed by atoms with Gasteiger partial charge in [0, 0.05) is 25.2 Å². The number of amides is 2. The topological polar surface area (TPSA) is 114 Å². The number of fused-ring (bicyclic) bond motifs is 1. The van der Waals surface area contributed by atoms with E-state index in [0.29, 0.717) is 29.4 Å². The highest BCUT2D eigenvalue weighted by Crippen LogP contribution is 2.42. The van der Waals surface area contributed by atoms with E-state index in [0.717, 1.165) is 16.7 Å². The average Bonchev–Trinajstić information content (AvgIpc) is 3.10. The molecule has 5 aromatic carbocycles. The molecule has 0 aromatic heterocycles. The van der Waals surface area contributed by atoms with Gasteiger partial charge in [0.1, 0.15) is 17.7 Å². The minimum Gasteiger partial charge on any atom is -0.495 e. The van der Waals surface area contributed by atoms with Gasteiger partial charge in [0.05, 0.1) is 29.0 Å². The predicted octanol–water partition coefficient (Wildman–Crippen LogP) is 6.98. The summed E-state index contributed by atoms with van der Waals surface area (Å²) < 4.78 is 11.1. The zero-order valence-electron chi connectivity index (χ0n) is 25.6. The number of para-hydroxylation sites is 2. The van der Waals surface area contributed by atoms with Gasteiger partial charge in [-0.1, -0.05) is 84.9 Å². The van der Waals surface area contributed by atoms with Crippen LogP contribution in [0.5, 0.6) is 11.5 Å². The van der Waals surface area contributed by atoms with E-state index in [2.05, 4.69) is 10.2 Å². The number of methoxy groups -OCH3 is 1. The van der Waals surface area contributed by atoms with Crippen molar-refractivity contribution in [2.45, 2.75) is 19.3 Å². The summed E-state index contributed by atoms with van der Waals surface area (Å²) in [4.78, 5) is 41.9. The Morgan fingerprint density at radius 3 is 2.06 bits per heavy atom. The van der Waals surface area contributed by atoms with Crippen LogP contribution < -0.4 is 19.7 Å². The minimum atomic E-state index is -0.556. The Morgan fingerprint density at radius 2 is 1.43 bits per heavy atom. The lowest BCUT2D eigenvalue weighted by atomic mass is 9.98. The van der Waals surface area contributed by atoms with Crippen LogP contribution in [0.1, 0.15) is 33.2 Å². The van der Waals surface area contributed by atoms with Crippen LogP contribution in [0.15, 0.2) is 127 Å². The molecule has 5 aromatic rings. The second kappa shape index (κ2) is 13.9. The van der Waals surface area contributed by atoms with Gasteiger partial charge in [-0.2, -0.15) is 0 Å². The SMILES string of the molecule is COc1ccccc1NC(=O)COc1ccc([C@H]2N(Cc3ccccc3)C(=O)c3cc([N+](=O)[O-])ccc3N2Cc2ccccc2)cc1. The van der Waals surface area contributed by atoms with Crippen molar-refractivity contribution in [2.24, 2.45) is 0 Å². The number of nitro groups is 1. The standard InChI is InChI=1S/C37H32N4O6/c1-46-34-15-9-8-14-32(34)38-35(42)25-47-30-19-16-28(17-20-30)36-39(23-26-10-4-2-5-11-26)33-21-18-29(41(44)45)22-31(33)37(43)40(36)24-27-12-6-3-7-13-27/h2-22,36H,23-25H2,1H3,(H,38,42)/t36-/m1/s1. The molecule has 1 heterocycles. The summed E-state index contributed by atoms with van der Waals surface area (Å²) in [7, 11) is 1.54. The Morgan fingerprint density at radius 1 is 0.809 bits per heavy atom. The fraction of sp³-hybridized carbons (Fsp3) is 0.135. The zero-order chi connectivity index (χ0) is 32.8. The van der Waals surface area contributed by atoms with E-state index in [9.17, 15) is 19.7 Å². The molecule has 0 fully saturated rings. The molecular formula is C37H32N4O6. The number of hydrogen-bond acceptors (Lipinski definition) is 7. The van der Waals surface area contributed by atoms with Gasteiger partial charge < -0.3 is 24.6 Å². The molecule has 10 heteroatoms. The first-order valence-corrected chi connectivity index (χ1v) is 15.0. The number of hydrogen-bond donors (Lipinski definition) is 1. The monoisotopic (exact) mass is 628 g/mol. The molecule has 10 nitrogen and oxygen atoms in total. The lowest BCUT2D eigenvalue weighted by molar-refractivity contribution is -0.384. The number of anilines is 2. The summed E-state index contributed by atoms with van der Waals surface area (Å²) in [6, 6.07) is 38.3. The van der Waals surface area contributed by atoms with E-state index < -0.39 is 11.1 Å². The second-order valence-electron chi connectivity index (χ2n) is 11.0. The van der Waals surface area contributed by atoms with Crippen LogP contribution in [-0.4, -0.2) is 35.4 Å². The van der Waals surface area contributed by atoms with Crippen molar-refractivity contribution in [2.75, 3.05) is 23.9 Å². The molecule has 0 saturated heterocycles. The molecule has 0 radical (unpaired) electrons. The molecule has 2 amide bonds. The molecule has 236 valence electrons. The van der Waals surface area contributed by atoms with Crippen molar-refractivity contribution >= 4 is 28.9 Å². The van der Waals surface area contributed by atoms with Gasteiger partial charge >= 0.3 is 0 Å². The van der Waals surface area contributed by atoms with Crippen molar-refractivity contribution in [1.29, 1.82) is 0 Å². The maximum Gasteiger partial charge on any atom is 0.270 e. The number of rotatable bonds is 11.